The number of carbonyl (C=O) groups excluding carboxylic acids is 1. The lowest BCUT2D eigenvalue weighted by Gasteiger charge is -2.09. The molecular formula is C25H23NO4. The molecule has 0 spiro atoms. The maximum atomic E-state index is 12.9. The number of rotatable bonds is 5. The summed E-state index contributed by atoms with van der Waals surface area (Å²) in [5, 5.41) is 3.91. The Kier molecular flexibility index (Phi) is 5.27. The molecule has 4 rings (SSSR count). The van der Waals surface area contributed by atoms with Gasteiger partial charge in [-0.1, -0.05) is 13.0 Å². The monoisotopic (exact) mass is 401 g/mol. The molecule has 0 aliphatic rings. The number of aryl methyl sites for hydroxylation is 2. The lowest BCUT2D eigenvalue weighted by Crippen LogP contribution is -2.12. The van der Waals surface area contributed by atoms with E-state index in [0.29, 0.717) is 39.8 Å². The van der Waals surface area contributed by atoms with Crippen LogP contribution in [0.2, 0.25) is 0 Å². The van der Waals surface area contributed by atoms with Gasteiger partial charge in [-0.2, -0.15) is 0 Å². The predicted molar refractivity (Wildman–Crippen MR) is 120 cm³/mol. The zero-order valence-corrected chi connectivity index (χ0v) is 17.2. The molecule has 0 saturated carbocycles. The van der Waals surface area contributed by atoms with Gasteiger partial charge in [0.1, 0.15) is 16.9 Å². The molecule has 0 fully saturated rings. The first kappa shape index (κ1) is 19.7. The highest BCUT2D eigenvalue weighted by Gasteiger charge is 2.13. The number of ether oxygens (including phenoxy) is 1. The highest BCUT2D eigenvalue weighted by Crippen LogP contribution is 2.25. The number of benzene rings is 3. The molecule has 0 unspecified atom stereocenters. The number of carbonyl (C=O) groups is 1. The Hall–Kier alpha value is -3.60. The molecule has 0 aliphatic heterocycles. The molecule has 30 heavy (non-hydrogen) atoms. The van der Waals surface area contributed by atoms with Crippen molar-refractivity contribution in [3.05, 3.63) is 81.5 Å². The Balaban J connectivity index is 1.64. The zero-order chi connectivity index (χ0) is 21.3. The third-order valence-electron chi connectivity index (χ3n) is 5.21. The van der Waals surface area contributed by atoms with Crippen molar-refractivity contribution >= 4 is 33.5 Å². The summed E-state index contributed by atoms with van der Waals surface area (Å²) in [6, 6.07) is 15.8. The normalized spacial score (nSPS) is 11.0. The van der Waals surface area contributed by atoms with E-state index in [2.05, 4.69) is 5.32 Å². The summed E-state index contributed by atoms with van der Waals surface area (Å²) in [5.41, 5.74) is 4.03. The molecule has 0 aliphatic carbocycles. The molecule has 0 radical (unpaired) electrons. The summed E-state index contributed by atoms with van der Waals surface area (Å²) < 4.78 is 11.6. The predicted octanol–water partition coefficient (Wildman–Crippen LogP) is 5.60. The minimum Gasteiger partial charge on any atom is -0.494 e. The molecule has 152 valence electrons. The molecule has 4 aromatic rings. The minimum absolute atomic E-state index is 0.0742. The van der Waals surface area contributed by atoms with Gasteiger partial charge in [-0.3, -0.25) is 9.59 Å². The fraction of sp³-hybridized carbons (Fsp3) is 0.200. The maximum absolute atomic E-state index is 12.9. The number of hydrogen-bond donors (Lipinski definition) is 1. The Morgan fingerprint density at radius 1 is 1.00 bits per heavy atom. The van der Waals surface area contributed by atoms with Crippen LogP contribution in [0.5, 0.6) is 5.75 Å². The fourth-order valence-electron chi connectivity index (χ4n) is 3.35. The second-order valence-electron chi connectivity index (χ2n) is 7.35. The smallest absolute Gasteiger partial charge is 0.255 e. The van der Waals surface area contributed by atoms with Crippen molar-refractivity contribution in [2.75, 3.05) is 11.9 Å². The van der Waals surface area contributed by atoms with Crippen molar-refractivity contribution in [3.8, 4) is 5.75 Å². The van der Waals surface area contributed by atoms with E-state index >= 15 is 0 Å². The van der Waals surface area contributed by atoms with Gasteiger partial charge >= 0.3 is 0 Å². The molecule has 1 heterocycles. The molecular weight excluding hydrogens is 378 g/mol. The third-order valence-corrected chi connectivity index (χ3v) is 5.21. The topological polar surface area (TPSA) is 68.5 Å². The number of nitrogens with one attached hydrogen (secondary N) is 1. The van der Waals surface area contributed by atoms with Gasteiger partial charge in [-0.25, -0.2) is 0 Å². The number of fused-ring (bicyclic) bond motifs is 2. The van der Waals surface area contributed by atoms with E-state index in [4.69, 9.17) is 9.15 Å². The number of amides is 1. The van der Waals surface area contributed by atoms with Gasteiger partial charge < -0.3 is 14.5 Å². The van der Waals surface area contributed by atoms with Crippen molar-refractivity contribution < 1.29 is 13.9 Å². The van der Waals surface area contributed by atoms with E-state index in [1.165, 1.54) is 0 Å². The van der Waals surface area contributed by atoms with Crippen LogP contribution in [0.1, 0.15) is 34.8 Å². The van der Waals surface area contributed by atoms with Crippen molar-refractivity contribution in [2.24, 2.45) is 0 Å². The van der Waals surface area contributed by atoms with Crippen molar-refractivity contribution in [2.45, 2.75) is 27.2 Å². The van der Waals surface area contributed by atoms with E-state index in [1.807, 2.05) is 26.8 Å². The highest BCUT2D eigenvalue weighted by molar-refractivity contribution is 6.05. The van der Waals surface area contributed by atoms with Crippen LogP contribution in [0.3, 0.4) is 0 Å². The van der Waals surface area contributed by atoms with Crippen molar-refractivity contribution in [3.63, 3.8) is 0 Å². The highest BCUT2D eigenvalue weighted by atomic mass is 16.5. The molecule has 1 amide bonds. The van der Waals surface area contributed by atoms with Crippen LogP contribution in [0, 0.1) is 13.8 Å². The maximum Gasteiger partial charge on any atom is 0.255 e. The van der Waals surface area contributed by atoms with Crippen molar-refractivity contribution in [1.29, 1.82) is 0 Å². The lowest BCUT2D eigenvalue weighted by atomic mass is 10.0. The summed E-state index contributed by atoms with van der Waals surface area (Å²) in [4.78, 5) is 25.5. The van der Waals surface area contributed by atoms with Crippen LogP contribution in [0.25, 0.3) is 21.9 Å². The van der Waals surface area contributed by atoms with Gasteiger partial charge in [-0.15, -0.1) is 0 Å². The Bertz CT molecular complexity index is 1300. The quantitative estimate of drug-likeness (QED) is 0.442. The standard InChI is InChI=1S/C25H23NO4/c1-4-13-29-19-9-6-17(7-10-19)25(28)26-18-8-12-20-22(14-18)30-24-16(3)15(2)5-11-21(24)23(20)27/h5-12,14H,4,13H2,1-3H3,(H,26,28). The van der Waals surface area contributed by atoms with Crippen molar-refractivity contribution in [1.82, 2.24) is 0 Å². The average Bonchev–Trinajstić information content (AvgIpc) is 2.75. The van der Waals surface area contributed by atoms with Crippen LogP contribution in [0.15, 0.2) is 63.8 Å². The summed E-state index contributed by atoms with van der Waals surface area (Å²) >= 11 is 0. The van der Waals surface area contributed by atoms with Gasteiger partial charge in [0, 0.05) is 17.3 Å². The van der Waals surface area contributed by atoms with Crippen LogP contribution in [-0.4, -0.2) is 12.5 Å². The Morgan fingerprint density at radius 2 is 1.73 bits per heavy atom. The van der Waals surface area contributed by atoms with Crippen LogP contribution < -0.4 is 15.5 Å². The number of hydrogen-bond acceptors (Lipinski definition) is 4. The second-order valence-corrected chi connectivity index (χ2v) is 7.35. The van der Waals surface area contributed by atoms with Gasteiger partial charge in [0.2, 0.25) is 5.43 Å². The largest absolute Gasteiger partial charge is 0.494 e. The van der Waals surface area contributed by atoms with E-state index in [0.717, 1.165) is 23.3 Å². The first-order chi connectivity index (χ1) is 14.5. The van der Waals surface area contributed by atoms with Gasteiger partial charge in [0.15, 0.2) is 0 Å². The van der Waals surface area contributed by atoms with E-state index < -0.39 is 0 Å². The summed E-state index contributed by atoms with van der Waals surface area (Å²) in [6.45, 7) is 6.60. The van der Waals surface area contributed by atoms with Gasteiger partial charge in [-0.05, 0) is 73.9 Å². The van der Waals surface area contributed by atoms with Crippen LogP contribution >= 0.6 is 0 Å². The molecule has 5 nitrogen and oxygen atoms in total. The molecule has 1 N–H and O–H groups in total. The molecule has 3 aromatic carbocycles. The molecule has 5 heteroatoms. The van der Waals surface area contributed by atoms with Crippen LogP contribution in [0.4, 0.5) is 5.69 Å². The van der Waals surface area contributed by atoms with E-state index in [-0.39, 0.29) is 11.3 Å². The summed E-state index contributed by atoms with van der Waals surface area (Å²) in [6.07, 6.45) is 0.925. The third kappa shape index (κ3) is 3.66. The Morgan fingerprint density at radius 3 is 2.47 bits per heavy atom. The lowest BCUT2D eigenvalue weighted by molar-refractivity contribution is 0.102. The van der Waals surface area contributed by atoms with Gasteiger partial charge in [0.05, 0.1) is 17.4 Å². The second kappa shape index (κ2) is 8.03. The first-order valence-corrected chi connectivity index (χ1v) is 9.99. The minimum atomic E-state index is -0.244. The zero-order valence-electron chi connectivity index (χ0n) is 17.2. The SMILES string of the molecule is CCCOc1ccc(C(=O)Nc2ccc3c(=O)c4ccc(C)c(C)c4oc3c2)cc1. The van der Waals surface area contributed by atoms with E-state index in [9.17, 15) is 9.59 Å². The average molecular weight is 401 g/mol. The molecule has 1 aromatic heterocycles. The van der Waals surface area contributed by atoms with Crippen LogP contribution in [-0.2, 0) is 0 Å². The molecule has 0 atom stereocenters. The molecule has 0 saturated heterocycles. The molecule has 0 bridgehead atoms. The first-order valence-electron chi connectivity index (χ1n) is 9.99. The van der Waals surface area contributed by atoms with Gasteiger partial charge in [0.25, 0.3) is 5.91 Å². The fourth-order valence-corrected chi connectivity index (χ4v) is 3.35. The summed E-state index contributed by atoms with van der Waals surface area (Å²) in [7, 11) is 0. The number of anilines is 1. The Labute approximate surface area is 174 Å². The summed E-state index contributed by atoms with van der Waals surface area (Å²) in [5.74, 6) is 0.491. The van der Waals surface area contributed by atoms with E-state index in [1.54, 1.807) is 48.5 Å².